The van der Waals surface area contributed by atoms with Gasteiger partial charge < -0.3 is 9.84 Å². The molecule has 0 aliphatic rings. The average molecular weight is 307 g/mol. The highest BCUT2D eigenvalue weighted by atomic mass is 35.5. The number of rotatable bonds is 6. The Balaban J connectivity index is 1.81. The van der Waals surface area contributed by atoms with E-state index in [-0.39, 0.29) is 25.1 Å². The fourth-order valence-corrected chi connectivity index (χ4v) is 1.91. The molecule has 0 unspecified atom stereocenters. The van der Waals surface area contributed by atoms with E-state index in [9.17, 15) is 5.11 Å². The number of halogens is 1. The van der Waals surface area contributed by atoms with Crippen molar-refractivity contribution >= 4 is 11.6 Å². The van der Waals surface area contributed by atoms with Gasteiger partial charge >= 0.3 is 0 Å². The highest BCUT2D eigenvalue weighted by Crippen LogP contribution is 2.19. The molecule has 0 bridgehead atoms. The van der Waals surface area contributed by atoms with Crippen LogP contribution in [0.15, 0.2) is 30.6 Å². The number of nitriles is 1. The molecule has 1 N–H and O–H groups in total. The SMILES string of the molecule is C[C@@H](OC[C@@H](O)Cn1cnc(C#N)n1)c1ccc(Cl)cc1. The average Bonchev–Trinajstić information content (AvgIpc) is 2.93. The van der Waals surface area contributed by atoms with Crippen molar-refractivity contribution in [3.8, 4) is 6.07 Å². The molecular weight excluding hydrogens is 292 g/mol. The highest BCUT2D eigenvalue weighted by molar-refractivity contribution is 6.30. The first kappa shape index (κ1) is 15.4. The van der Waals surface area contributed by atoms with Gasteiger partial charge in [0.15, 0.2) is 0 Å². The van der Waals surface area contributed by atoms with Crippen molar-refractivity contribution in [2.45, 2.75) is 25.7 Å². The predicted molar refractivity (Wildman–Crippen MR) is 76.6 cm³/mol. The fourth-order valence-electron chi connectivity index (χ4n) is 1.79. The van der Waals surface area contributed by atoms with Crippen molar-refractivity contribution < 1.29 is 9.84 Å². The van der Waals surface area contributed by atoms with Crippen LogP contribution in [0.1, 0.15) is 24.4 Å². The summed E-state index contributed by atoms with van der Waals surface area (Å²) in [5, 5.41) is 23.1. The zero-order chi connectivity index (χ0) is 15.2. The van der Waals surface area contributed by atoms with E-state index in [2.05, 4.69) is 10.1 Å². The predicted octanol–water partition coefficient (Wildman–Crippen LogP) is 1.94. The van der Waals surface area contributed by atoms with Gasteiger partial charge in [0, 0.05) is 5.02 Å². The maximum Gasteiger partial charge on any atom is 0.252 e. The third kappa shape index (κ3) is 4.53. The lowest BCUT2D eigenvalue weighted by molar-refractivity contribution is -0.00998. The first-order chi connectivity index (χ1) is 10.1. The van der Waals surface area contributed by atoms with Crippen LogP contribution in [-0.4, -0.2) is 32.6 Å². The second-order valence-corrected chi connectivity index (χ2v) is 5.02. The molecule has 0 fully saturated rings. The lowest BCUT2D eigenvalue weighted by Crippen LogP contribution is -2.23. The van der Waals surface area contributed by atoms with E-state index in [0.717, 1.165) is 5.56 Å². The van der Waals surface area contributed by atoms with Crippen molar-refractivity contribution in [2.75, 3.05) is 6.61 Å². The smallest absolute Gasteiger partial charge is 0.252 e. The monoisotopic (exact) mass is 306 g/mol. The Bertz CT molecular complexity index is 621. The van der Waals surface area contributed by atoms with Gasteiger partial charge in [0.1, 0.15) is 12.4 Å². The van der Waals surface area contributed by atoms with Crippen LogP contribution in [-0.2, 0) is 11.3 Å². The number of hydrogen-bond acceptors (Lipinski definition) is 5. The van der Waals surface area contributed by atoms with Gasteiger partial charge in [0.25, 0.3) is 5.82 Å². The van der Waals surface area contributed by atoms with Gasteiger partial charge in [-0.05, 0) is 24.6 Å². The minimum Gasteiger partial charge on any atom is -0.389 e. The van der Waals surface area contributed by atoms with Gasteiger partial charge in [-0.3, -0.25) is 0 Å². The van der Waals surface area contributed by atoms with Crippen molar-refractivity contribution in [3.63, 3.8) is 0 Å². The summed E-state index contributed by atoms with van der Waals surface area (Å²) in [4.78, 5) is 3.77. The molecule has 0 aliphatic carbocycles. The van der Waals surface area contributed by atoms with Crippen LogP contribution in [0, 0.1) is 11.3 Å². The van der Waals surface area contributed by atoms with Crippen molar-refractivity contribution in [3.05, 3.63) is 47.0 Å². The fraction of sp³-hybridized carbons (Fsp3) is 0.357. The Kier molecular flexibility index (Phi) is 5.28. The molecule has 1 heterocycles. The third-order valence-electron chi connectivity index (χ3n) is 2.91. The molecule has 21 heavy (non-hydrogen) atoms. The van der Waals surface area contributed by atoms with Crippen LogP contribution in [0.5, 0.6) is 0 Å². The molecular formula is C14H15ClN4O2. The van der Waals surface area contributed by atoms with E-state index < -0.39 is 6.10 Å². The molecule has 0 spiro atoms. The molecule has 1 aromatic carbocycles. The largest absolute Gasteiger partial charge is 0.389 e. The molecule has 1 aromatic heterocycles. The second-order valence-electron chi connectivity index (χ2n) is 4.58. The number of aliphatic hydroxyl groups excluding tert-OH is 1. The van der Waals surface area contributed by atoms with Gasteiger partial charge in [-0.1, -0.05) is 23.7 Å². The zero-order valence-corrected chi connectivity index (χ0v) is 12.2. The topological polar surface area (TPSA) is 84.0 Å². The molecule has 2 aromatic rings. The second kappa shape index (κ2) is 7.18. The molecule has 0 aliphatic heterocycles. The minimum absolute atomic E-state index is 0.0812. The van der Waals surface area contributed by atoms with Gasteiger partial charge in [-0.2, -0.15) is 5.26 Å². The Morgan fingerprint density at radius 1 is 1.43 bits per heavy atom. The van der Waals surface area contributed by atoms with E-state index in [0.29, 0.717) is 5.02 Å². The Morgan fingerprint density at radius 3 is 2.76 bits per heavy atom. The van der Waals surface area contributed by atoms with Gasteiger partial charge in [0.05, 0.1) is 25.4 Å². The molecule has 2 rings (SSSR count). The molecule has 110 valence electrons. The normalized spacial score (nSPS) is 13.6. The first-order valence-corrected chi connectivity index (χ1v) is 6.81. The summed E-state index contributed by atoms with van der Waals surface area (Å²) in [6, 6.07) is 9.20. The summed E-state index contributed by atoms with van der Waals surface area (Å²) >= 11 is 5.83. The van der Waals surface area contributed by atoms with Crippen molar-refractivity contribution in [1.29, 1.82) is 5.26 Å². The summed E-state index contributed by atoms with van der Waals surface area (Å²) in [5.41, 5.74) is 0.985. The van der Waals surface area contributed by atoms with Crippen LogP contribution >= 0.6 is 11.6 Å². The summed E-state index contributed by atoms with van der Waals surface area (Å²) in [5.74, 6) is 0.0812. The standard InChI is InChI=1S/C14H15ClN4O2/c1-10(11-2-4-12(15)5-3-11)21-8-13(20)7-19-9-17-14(6-16)18-19/h2-5,9-10,13,20H,7-8H2,1H3/t10-,13+/m1/s1. The maximum atomic E-state index is 9.91. The maximum absolute atomic E-state index is 9.91. The van der Waals surface area contributed by atoms with Crippen molar-refractivity contribution in [2.24, 2.45) is 0 Å². The van der Waals surface area contributed by atoms with E-state index in [4.69, 9.17) is 21.6 Å². The quantitative estimate of drug-likeness (QED) is 0.881. The van der Waals surface area contributed by atoms with Crippen LogP contribution in [0.4, 0.5) is 0 Å². The Labute approximate surface area is 127 Å². The molecule has 0 amide bonds. The molecule has 6 nitrogen and oxygen atoms in total. The van der Waals surface area contributed by atoms with Crippen LogP contribution < -0.4 is 0 Å². The van der Waals surface area contributed by atoms with Crippen LogP contribution in [0.25, 0.3) is 0 Å². The lowest BCUT2D eigenvalue weighted by atomic mass is 10.1. The number of aromatic nitrogens is 3. The van der Waals surface area contributed by atoms with E-state index >= 15 is 0 Å². The number of ether oxygens (including phenoxy) is 1. The molecule has 0 saturated carbocycles. The molecule has 2 atom stereocenters. The number of benzene rings is 1. The number of hydrogen-bond donors (Lipinski definition) is 1. The molecule has 0 saturated heterocycles. The number of nitrogens with zero attached hydrogens (tertiary/aromatic N) is 4. The molecule has 0 radical (unpaired) electrons. The summed E-state index contributed by atoms with van der Waals surface area (Å²) in [6.07, 6.45) is 0.528. The Morgan fingerprint density at radius 2 is 2.14 bits per heavy atom. The van der Waals surface area contributed by atoms with Crippen LogP contribution in [0.3, 0.4) is 0 Å². The van der Waals surface area contributed by atoms with Gasteiger partial charge in [-0.25, -0.2) is 9.67 Å². The van der Waals surface area contributed by atoms with Gasteiger partial charge in [-0.15, -0.1) is 5.10 Å². The Hall–Kier alpha value is -1.94. The van der Waals surface area contributed by atoms with E-state index in [1.807, 2.05) is 25.1 Å². The van der Waals surface area contributed by atoms with Gasteiger partial charge in [0.2, 0.25) is 0 Å². The van der Waals surface area contributed by atoms with Crippen LogP contribution in [0.2, 0.25) is 5.02 Å². The minimum atomic E-state index is -0.729. The first-order valence-electron chi connectivity index (χ1n) is 6.43. The zero-order valence-electron chi connectivity index (χ0n) is 11.5. The third-order valence-corrected chi connectivity index (χ3v) is 3.16. The van der Waals surface area contributed by atoms with E-state index in [1.165, 1.54) is 11.0 Å². The van der Waals surface area contributed by atoms with Crippen molar-refractivity contribution in [1.82, 2.24) is 14.8 Å². The lowest BCUT2D eigenvalue weighted by Gasteiger charge is -2.16. The van der Waals surface area contributed by atoms with E-state index in [1.54, 1.807) is 12.1 Å². The highest BCUT2D eigenvalue weighted by Gasteiger charge is 2.11. The summed E-state index contributed by atoms with van der Waals surface area (Å²) < 4.78 is 7.03. The number of aliphatic hydroxyl groups is 1. The molecule has 7 heteroatoms. The summed E-state index contributed by atoms with van der Waals surface area (Å²) in [6.45, 7) is 2.28. The summed E-state index contributed by atoms with van der Waals surface area (Å²) in [7, 11) is 0.